The van der Waals surface area contributed by atoms with Crippen LogP contribution in [0, 0.1) is 11.6 Å². The monoisotopic (exact) mass is 446 g/mol. The smallest absolute Gasteiger partial charge is 0.494 e. The van der Waals surface area contributed by atoms with E-state index in [2.05, 4.69) is 9.47 Å². The van der Waals surface area contributed by atoms with Crippen molar-refractivity contribution < 1.29 is 41.0 Å². The fourth-order valence-corrected chi connectivity index (χ4v) is 2.83. The van der Waals surface area contributed by atoms with E-state index in [4.69, 9.17) is 4.74 Å². The summed E-state index contributed by atoms with van der Waals surface area (Å²) in [5, 5.41) is 0. The summed E-state index contributed by atoms with van der Waals surface area (Å²) in [5.41, 5.74) is 0.219. The third-order valence-corrected chi connectivity index (χ3v) is 4.39. The highest BCUT2D eigenvalue weighted by Crippen LogP contribution is 2.32. The zero-order valence-corrected chi connectivity index (χ0v) is 17.1. The number of alkyl halides is 3. The predicted molar refractivity (Wildman–Crippen MR) is 104 cm³/mol. The van der Waals surface area contributed by atoms with Gasteiger partial charge in [-0.2, -0.15) is 17.6 Å². The Morgan fingerprint density at radius 3 is 2.23 bits per heavy atom. The number of halogens is 5. The molecule has 31 heavy (non-hydrogen) atoms. The highest BCUT2D eigenvalue weighted by Gasteiger charge is 2.42. The van der Waals surface area contributed by atoms with Gasteiger partial charge in [-0.3, -0.25) is 0 Å². The van der Waals surface area contributed by atoms with Crippen molar-refractivity contribution >= 4 is 6.16 Å². The first kappa shape index (κ1) is 24.4. The molecule has 0 fully saturated rings. The highest BCUT2D eigenvalue weighted by molar-refractivity contribution is 5.68. The number of rotatable bonds is 9. The summed E-state index contributed by atoms with van der Waals surface area (Å²) in [6.45, 7) is 4.05. The lowest BCUT2D eigenvalue weighted by Crippen LogP contribution is -2.34. The minimum atomic E-state index is -4.80. The topological polar surface area (TPSA) is 44.8 Å². The van der Waals surface area contributed by atoms with Crippen molar-refractivity contribution in [3.63, 3.8) is 0 Å². The van der Waals surface area contributed by atoms with E-state index in [1.807, 2.05) is 6.92 Å². The van der Waals surface area contributed by atoms with Crippen LogP contribution in [0.5, 0.6) is 11.5 Å². The molecule has 0 aliphatic rings. The molecule has 1 atom stereocenters. The molecule has 2 aromatic rings. The maximum Gasteiger partial charge on any atom is 0.514 e. The Morgan fingerprint density at radius 1 is 0.968 bits per heavy atom. The van der Waals surface area contributed by atoms with Crippen LogP contribution in [-0.4, -0.2) is 25.0 Å². The maximum atomic E-state index is 14.5. The fourth-order valence-electron chi connectivity index (χ4n) is 2.83. The van der Waals surface area contributed by atoms with Gasteiger partial charge in [-0.15, -0.1) is 0 Å². The van der Waals surface area contributed by atoms with Crippen molar-refractivity contribution in [3.8, 4) is 22.6 Å². The summed E-state index contributed by atoms with van der Waals surface area (Å²) in [6, 6.07) is 8.29. The molecule has 0 N–H and O–H groups in total. The molecule has 0 aromatic heterocycles. The second-order valence-corrected chi connectivity index (χ2v) is 6.69. The molecule has 0 radical (unpaired) electrons. The van der Waals surface area contributed by atoms with E-state index in [1.54, 1.807) is 19.1 Å². The van der Waals surface area contributed by atoms with Gasteiger partial charge in [-0.05, 0) is 49.6 Å². The molecule has 4 nitrogen and oxygen atoms in total. The van der Waals surface area contributed by atoms with Crippen LogP contribution in [0.4, 0.5) is 26.7 Å². The summed E-state index contributed by atoms with van der Waals surface area (Å²) in [5.74, 6) is -3.15. The normalized spacial score (nSPS) is 12.4. The fraction of sp³-hybridized carbons (Fsp3) is 0.409. The molecule has 0 heterocycles. The minimum absolute atomic E-state index is 0.117. The lowest BCUT2D eigenvalue weighted by molar-refractivity contribution is -0.208. The molecule has 0 saturated heterocycles. The summed E-state index contributed by atoms with van der Waals surface area (Å²) < 4.78 is 82.1. The van der Waals surface area contributed by atoms with Gasteiger partial charge in [0.1, 0.15) is 5.75 Å². The van der Waals surface area contributed by atoms with Gasteiger partial charge in [-0.1, -0.05) is 31.9 Å². The standard InChI is InChI=1S/C22H23F5O4/c1-3-5-6-7-18(22(25,26)27)31-21(28)30-17-13-12-16(19(23)20(17)24)14-8-10-15(11-9-14)29-4-2/h8-13,18H,3-7H2,1-2H3. The lowest BCUT2D eigenvalue weighted by atomic mass is 10.0. The number of benzene rings is 2. The van der Waals surface area contributed by atoms with Crippen LogP contribution >= 0.6 is 0 Å². The molecular formula is C22H23F5O4. The molecule has 0 aliphatic carbocycles. The molecule has 2 aromatic carbocycles. The minimum Gasteiger partial charge on any atom is -0.494 e. The molecule has 0 aliphatic heterocycles. The van der Waals surface area contributed by atoms with Crippen LogP contribution in [0.15, 0.2) is 36.4 Å². The molecule has 0 spiro atoms. The Bertz CT molecular complexity index is 865. The zero-order chi connectivity index (χ0) is 23.0. The Kier molecular flexibility index (Phi) is 8.65. The van der Waals surface area contributed by atoms with Crippen molar-refractivity contribution in [1.29, 1.82) is 0 Å². The molecular weight excluding hydrogens is 423 g/mol. The second-order valence-electron chi connectivity index (χ2n) is 6.69. The first-order valence-corrected chi connectivity index (χ1v) is 9.83. The van der Waals surface area contributed by atoms with Crippen molar-refractivity contribution in [2.24, 2.45) is 0 Å². The van der Waals surface area contributed by atoms with Crippen LogP contribution < -0.4 is 9.47 Å². The molecule has 0 bridgehead atoms. The Morgan fingerprint density at radius 2 is 1.65 bits per heavy atom. The van der Waals surface area contributed by atoms with E-state index >= 15 is 0 Å². The Labute approximate surface area is 176 Å². The summed E-state index contributed by atoms with van der Waals surface area (Å²) in [7, 11) is 0. The zero-order valence-electron chi connectivity index (χ0n) is 17.1. The number of hydrogen-bond acceptors (Lipinski definition) is 4. The van der Waals surface area contributed by atoms with Crippen LogP contribution in [0.2, 0.25) is 0 Å². The van der Waals surface area contributed by atoms with Gasteiger partial charge >= 0.3 is 12.3 Å². The Balaban J connectivity index is 2.13. The van der Waals surface area contributed by atoms with E-state index in [-0.39, 0.29) is 12.0 Å². The van der Waals surface area contributed by atoms with Crippen LogP contribution in [0.1, 0.15) is 39.5 Å². The van der Waals surface area contributed by atoms with Gasteiger partial charge in [-0.25, -0.2) is 9.18 Å². The molecule has 1 unspecified atom stereocenters. The van der Waals surface area contributed by atoms with Crippen molar-refractivity contribution in [2.45, 2.75) is 51.8 Å². The first-order valence-electron chi connectivity index (χ1n) is 9.83. The average molecular weight is 446 g/mol. The van der Waals surface area contributed by atoms with Crippen molar-refractivity contribution in [1.82, 2.24) is 0 Å². The van der Waals surface area contributed by atoms with Crippen LogP contribution in [0.25, 0.3) is 11.1 Å². The number of unbranched alkanes of at least 4 members (excludes halogenated alkanes) is 2. The van der Waals surface area contributed by atoms with Gasteiger partial charge < -0.3 is 14.2 Å². The molecule has 0 saturated carbocycles. The maximum absolute atomic E-state index is 14.5. The first-order chi connectivity index (χ1) is 14.7. The van der Waals surface area contributed by atoms with Crippen LogP contribution in [0.3, 0.4) is 0 Å². The third kappa shape index (κ3) is 6.83. The molecule has 0 amide bonds. The molecule has 9 heteroatoms. The van der Waals surface area contributed by atoms with Crippen molar-refractivity contribution in [2.75, 3.05) is 6.61 Å². The SMILES string of the molecule is CCCCCC(OC(=O)Oc1ccc(-c2ccc(OCC)cc2)c(F)c1F)C(F)(F)F. The average Bonchev–Trinajstić information content (AvgIpc) is 2.71. The summed E-state index contributed by atoms with van der Waals surface area (Å²) >= 11 is 0. The van der Waals surface area contributed by atoms with Crippen molar-refractivity contribution in [3.05, 3.63) is 48.0 Å². The molecule has 2 rings (SSSR count). The van der Waals surface area contributed by atoms with E-state index in [0.29, 0.717) is 30.8 Å². The number of carbonyl (C=O) groups excluding carboxylic acids is 1. The largest absolute Gasteiger partial charge is 0.514 e. The Hall–Kier alpha value is -2.84. The van der Waals surface area contributed by atoms with E-state index in [9.17, 15) is 26.7 Å². The number of hydrogen-bond donors (Lipinski definition) is 0. The number of ether oxygens (including phenoxy) is 3. The van der Waals surface area contributed by atoms with Gasteiger partial charge in [0, 0.05) is 5.56 Å². The summed E-state index contributed by atoms with van der Waals surface area (Å²) in [6.07, 6.45) is -7.99. The van der Waals surface area contributed by atoms with E-state index in [0.717, 1.165) is 12.1 Å². The van der Waals surface area contributed by atoms with Gasteiger partial charge in [0.05, 0.1) is 6.61 Å². The quantitative estimate of drug-likeness (QED) is 0.179. The van der Waals surface area contributed by atoms with Gasteiger partial charge in [0.2, 0.25) is 11.9 Å². The number of carbonyl (C=O) groups is 1. The summed E-state index contributed by atoms with van der Waals surface area (Å²) in [4.78, 5) is 11.8. The highest BCUT2D eigenvalue weighted by atomic mass is 19.4. The van der Waals surface area contributed by atoms with Gasteiger partial charge in [0.25, 0.3) is 0 Å². The van der Waals surface area contributed by atoms with Gasteiger partial charge in [0.15, 0.2) is 11.6 Å². The van der Waals surface area contributed by atoms with E-state index < -0.39 is 42.2 Å². The second kappa shape index (κ2) is 11.0. The van der Waals surface area contributed by atoms with Crippen LogP contribution in [-0.2, 0) is 4.74 Å². The van der Waals surface area contributed by atoms with E-state index in [1.165, 1.54) is 12.1 Å². The lowest BCUT2D eigenvalue weighted by Gasteiger charge is -2.20. The molecule has 170 valence electrons. The third-order valence-electron chi connectivity index (χ3n) is 4.39. The predicted octanol–water partition coefficient (Wildman–Crippen LogP) is 7.06.